The van der Waals surface area contributed by atoms with Crippen LogP contribution >= 0.6 is 0 Å². The molecule has 0 aliphatic rings. The molecule has 0 aliphatic heterocycles. The van der Waals surface area contributed by atoms with Crippen molar-refractivity contribution in [3.05, 3.63) is 0 Å². The first-order valence-electron chi connectivity index (χ1n) is 3.36. The Labute approximate surface area is 73.5 Å². The molecule has 6 nitrogen and oxygen atoms in total. The maximum atomic E-state index is 10.7. The number of rotatable bonds is 5. The molecule has 0 bridgehead atoms. The number of carboxylic acids is 1. The highest BCUT2D eigenvalue weighted by molar-refractivity contribution is 6.36. The zero-order valence-electron chi connectivity index (χ0n) is 6.90. The average molecular weight is 188 g/mol. The predicted octanol–water partition coefficient (Wildman–Crippen LogP) is -0.838. The number of aliphatic carboxylic acids is 1. The highest BCUT2D eigenvalue weighted by Crippen LogP contribution is 1.94. The van der Waals surface area contributed by atoms with E-state index in [-0.39, 0.29) is 0 Å². The third-order valence-electron chi connectivity index (χ3n) is 1.23. The number of methoxy groups -OCH3 is 1. The fraction of sp³-hybridized carbons (Fsp3) is 0.429. The van der Waals surface area contributed by atoms with Crippen molar-refractivity contribution < 1.29 is 29.0 Å². The van der Waals surface area contributed by atoms with E-state index in [0.717, 1.165) is 7.11 Å². The molecule has 1 N–H and O–H groups in total. The zero-order valence-corrected chi connectivity index (χ0v) is 6.90. The fourth-order valence-electron chi connectivity index (χ4n) is 0.550. The van der Waals surface area contributed by atoms with Crippen molar-refractivity contribution in [3.8, 4) is 0 Å². The maximum absolute atomic E-state index is 10.7. The first-order valence-corrected chi connectivity index (χ1v) is 3.36. The highest BCUT2D eigenvalue weighted by atomic mass is 16.5. The third-order valence-corrected chi connectivity index (χ3v) is 1.23. The van der Waals surface area contributed by atoms with Gasteiger partial charge in [0.25, 0.3) is 0 Å². The van der Waals surface area contributed by atoms with E-state index in [1.807, 2.05) is 0 Å². The van der Waals surface area contributed by atoms with Crippen LogP contribution in [0.4, 0.5) is 0 Å². The molecule has 0 aromatic carbocycles. The van der Waals surface area contributed by atoms with Crippen LogP contribution in [0.3, 0.4) is 0 Å². The number of hydrogen-bond donors (Lipinski definition) is 1. The summed E-state index contributed by atoms with van der Waals surface area (Å²) in [4.78, 5) is 41.6. The van der Waals surface area contributed by atoms with Gasteiger partial charge in [-0.2, -0.15) is 0 Å². The number of hydrogen-bond acceptors (Lipinski definition) is 5. The third kappa shape index (κ3) is 4.00. The molecule has 0 aliphatic carbocycles. The number of carboxylic acid groups (broad SMARTS) is 1. The van der Waals surface area contributed by atoms with Gasteiger partial charge in [0.05, 0.1) is 7.11 Å². The standard InChI is InChI=1S/C7H8O6/c1-13-7(12)5(9)3-2-4(8)6(10)11/h2-3H2,1H3,(H,10,11). The fourth-order valence-corrected chi connectivity index (χ4v) is 0.550. The van der Waals surface area contributed by atoms with Crippen LogP contribution in [0.15, 0.2) is 0 Å². The molecule has 0 aromatic rings. The van der Waals surface area contributed by atoms with Crippen molar-refractivity contribution in [2.24, 2.45) is 0 Å². The maximum Gasteiger partial charge on any atom is 0.374 e. The van der Waals surface area contributed by atoms with Crippen molar-refractivity contribution in [2.75, 3.05) is 7.11 Å². The summed E-state index contributed by atoms with van der Waals surface area (Å²) in [5.74, 6) is -4.69. The number of esters is 1. The summed E-state index contributed by atoms with van der Waals surface area (Å²) in [6.07, 6.45) is -0.916. The minimum absolute atomic E-state index is 0.433. The first-order chi connectivity index (χ1) is 5.99. The van der Waals surface area contributed by atoms with Gasteiger partial charge in [-0.3, -0.25) is 9.59 Å². The van der Waals surface area contributed by atoms with E-state index in [4.69, 9.17) is 5.11 Å². The van der Waals surface area contributed by atoms with Crippen LogP contribution in [-0.4, -0.2) is 35.7 Å². The van der Waals surface area contributed by atoms with Crippen molar-refractivity contribution >= 4 is 23.5 Å². The molecule has 0 heterocycles. The zero-order chi connectivity index (χ0) is 10.4. The van der Waals surface area contributed by atoms with Gasteiger partial charge < -0.3 is 9.84 Å². The van der Waals surface area contributed by atoms with Crippen LogP contribution in [0, 0.1) is 0 Å². The normalized spacial score (nSPS) is 9.00. The van der Waals surface area contributed by atoms with E-state index in [0.29, 0.717) is 0 Å². The van der Waals surface area contributed by atoms with Gasteiger partial charge in [0.2, 0.25) is 11.6 Å². The SMILES string of the molecule is COC(=O)C(=O)CCC(=O)C(=O)O. The molecule has 0 radical (unpaired) electrons. The van der Waals surface area contributed by atoms with Gasteiger partial charge in [0.15, 0.2) is 0 Å². The number of ketones is 2. The van der Waals surface area contributed by atoms with Gasteiger partial charge in [-0.1, -0.05) is 0 Å². The number of Topliss-reactive ketones (excluding diaryl/α,β-unsaturated/α-hetero) is 2. The van der Waals surface area contributed by atoms with Crippen LogP contribution < -0.4 is 0 Å². The van der Waals surface area contributed by atoms with E-state index >= 15 is 0 Å². The molecule has 0 saturated heterocycles. The molecule has 0 spiro atoms. The molecular formula is C7H8O6. The summed E-state index contributed by atoms with van der Waals surface area (Å²) >= 11 is 0. The molecule has 13 heavy (non-hydrogen) atoms. The second-order valence-corrected chi connectivity index (χ2v) is 2.14. The summed E-state index contributed by atoms with van der Waals surface area (Å²) in [5.41, 5.74) is 0. The number of carbonyl (C=O) groups is 4. The Morgan fingerprint density at radius 3 is 1.92 bits per heavy atom. The number of ether oxygens (including phenoxy) is 1. The van der Waals surface area contributed by atoms with Crippen molar-refractivity contribution in [3.63, 3.8) is 0 Å². The lowest BCUT2D eigenvalue weighted by Crippen LogP contribution is -2.19. The lowest BCUT2D eigenvalue weighted by atomic mass is 10.1. The van der Waals surface area contributed by atoms with Gasteiger partial charge in [-0.25, -0.2) is 9.59 Å². The molecule has 0 atom stereocenters. The molecule has 0 fully saturated rings. The Hall–Kier alpha value is -1.72. The monoisotopic (exact) mass is 188 g/mol. The Bertz CT molecular complexity index is 254. The Balaban J connectivity index is 3.90. The van der Waals surface area contributed by atoms with Crippen molar-refractivity contribution in [2.45, 2.75) is 12.8 Å². The van der Waals surface area contributed by atoms with Gasteiger partial charge in [-0.05, 0) is 0 Å². The summed E-state index contributed by atoms with van der Waals surface area (Å²) in [7, 11) is 1.03. The van der Waals surface area contributed by atoms with Gasteiger partial charge >= 0.3 is 11.9 Å². The van der Waals surface area contributed by atoms with E-state index in [9.17, 15) is 19.2 Å². The first kappa shape index (κ1) is 11.3. The Morgan fingerprint density at radius 2 is 1.54 bits per heavy atom. The van der Waals surface area contributed by atoms with Crippen molar-refractivity contribution in [1.29, 1.82) is 0 Å². The van der Waals surface area contributed by atoms with Gasteiger partial charge in [-0.15, -0.1) is 0 Å². The summed E-state index contributed by atoms with van der Waals surface area (Å²) in [5, 5.41) is 8.11. The minimum Gasteiger partial charge on any atom is -0.476 e. The number of carbonyl (C=O) groups excluding carboxylic acids is 3. The van der Waals surface area contributed by atoms with Gasteiger partial charge in [0, 0.05) is 12.8 Å². The van der Waals surface area contributed by atoms with Gasteiger partial charge in [0.1, 0.15) is 0 Å². The topological polar surface area (TPSA) is 97.7 Å². The highest BCUT2D eigenvalue weighted by Gasteiger charge is 2.18. The van der Waals surface area contributed by atoms with E-state index in [1.54, 1.807) is 0 Å². The summed E-state index contributed by atoms with van der Waals surface area (Å²) < 4.78 is 4.06. The largest absolute Gasteiger partial charge is 0.476 e. The van der Waals surface area contributed by atoms with Crippen LogP contribution in [0.25, 0.3) is 0 Å². The van der Waals surface area contributed by atoms with E-state index < -0.39 is 36.3 Å². The predicted molar refractivity (Wildman–Crippen MR) is 38.9 cm³/mol. The summed E-state index contributed by atoms with van der Waals surface area (Å²) in [6, 6.07) is 0. The quantitative estimate of drug-likeness (QED) is 0.446. The second-order valence-electron chi connectivity index (χ2n) is 2.14. The van der Waals surface area contributed by atoms with E-state index in [1.165, 1.54) is 0 Å². The molecule has 72 valence electrons. The summed E-state index contributed by atoms with van der Waals surface area (Å²) in [6.45, 7) is 0. The van der Waals surface area contributed by atoms with Crippen LogP contribution in [0.5, 0.6) is 0 Å². The smallest absolute Gasteiger partial charge is 0.374 e. The molecule has 0 amide bonds. The van der Waals surface area contributed by atoms with Crippen molar-refractivity contribution in [1.82, 2.24) is 0 Å². The molecule has 0 rings (SSSR count). The van der Waals surface area contributed by atoms with Crippen LogP contribution in [0.2, 0.25) is 0 Å². The van der Waals surface area contributed by atoms with Crippen LogP contribution in [0.1, 0.15) is 12.8 Å². The minimum atomic E-state index is -1.61. The molecule has 0 aromatic heterocycles. The Kier molecular flexibility index (Phi) is 4.36. The van der Waals surface area contributed by atoms with E-state index in [2.05, 4.69) is 4.74 Å². The Morgan fingerprint density at radius 1 is 1.08 bits per heavy atom. The van der Waals surface area contributed by atoms with Crippen LogP contribution in [-0.2, 0) is 23.9 Å². The average Bonchev–Trinajstić information content (AvgIpc) is 2.11. The molecule has 0 unspecified atom stereocenters. The lowest BCUT2D eigenvalue weighted by Gasteiger charge is -1.95. The molecule has 6 heteroatoms. The second kappa shape index (κ2) is 5.02. The molecule has 0 saturated carbocycles. The lowest BCUT2D eigenvalue weighted by molar-refractivity contribution is -0.153. The molecular weight excluding hydrogens is 180 g/mol.